The molecule has 0 radical (unpaired) electrons. The lowest BCUT2D eigenvalue weighted by Gasteiger charge is -2.28. The Morgan fingerprint density at radius 3 is 2.61 bits per heavy atom. The zero-order valence-electron chi connectivity index (χ0n) is 16.2. The maximum Gasteiger partial charge on any atom is 0.255 e. The van der Waals surface area contributed by atoms with Gasteiger partial charge in [0.15, 0.2) is 0 Å². The predicted molar refractivity (Wildman–Crippen MR) is 111 cm³/mol. The van der Waals surface area contributed by atoms with E-state index >= 15 is 0 Å². The zero-order chi connectivity index (χ0) is 20.3. The monoisotopic (exact) mass is 420 g/mol. The van der Waals surface area contributed by atoms with Crippen LogP contribution in [0.1, 0.15) is 41.3 Å². The molecule has 2 aromatic carbocycles. The van der Waals surface area contributed by atoms with Crippen LogP contribution in [0, 0.1) is 0 Å². The molecule has 1 aliphatic rings. The van der Waals surface area contributed by atoms with Gasteiger partial charge < -0.3 is 4.90 Å². The molecule has 1 amide bonds. The third-order valence-electron chi connectivity index (χ3n) is 5.10. The summed E-state index contributed by atoms with van der Waals surface area (Å²) in [7, 11) is -2.01. The first-order chi connectivity index (χ1) is 13.3. The van der Waals surface area contributed by atoms with Crippen molar-refractivity contribution in [2.75, 3.05) is 20.1 Å². The Hall–Kier alpha value is -1.89. The molecule has 0 bridgehead atoms. The third-order valence-corrected chi connectivity index (χ3v) is 7.27. The van der Waals surface area contributed by atoms with Gasteiger partial charge in [-0.1, -0.05) is 49.2 Å². The summed E-state index contributed by atoms with van der Waals surface area (Å²) in [5, 5.41) is 0.260. The van der Waals surface area contributed by atoms with E-state index in [1.807, 2.05) is 24.3 Å². The van der Waals surface area contributed by atoms with Crippen LogP contribution in [0.3, 0.4) is 0 Å². The zero-order valence-corrected chi connectivity index (χ0v) is 17.8. The van der Waals surface area contributed by atoms with Gasteiger partial charge >= 0.3 is 0 Å². The summed E-state index contributed by atoms with van der Waals surface area (Å²) in [5.74, 6) is -0.264. The van der Waals surface area contributed by atoms with Gasteiger partial charge in [0.1, 0.15) is 0 Å². The van der Waals surface area contributed by atoms with Crippen molar-refractivity contribution in [3.63, 3.8) is 0 Å². The molecule has 150 valence electrons. The Morgan fingerprint density at radius 1 is 1.18 bits per heavy atom. The van der Waals surface area contributed by atoms with E-state index in [4.69, 9.17) is 11.6 Å². The van der Waals surface area contributed by atoms with E-state index in [1.54, 1.807) is 11.9 Å². The number of unbranched alkanes of at least 4 members (excludes halogenated alkanes) is 1. The summed E-state index contributed by atoms with van der Waals surface area (Å²) < 4.78 is 27.8. The molecule has 0 aromatic heterocycles. The van der Waals surface area contributed by atoms with Crippen LogP contribution in [0.2, 0.25) is 5.02 Å². The van der Waals surface area contributed by atoms with Gasteiger partial charge in [-0.25, -0.2) is 8.42 Å². The van der Waals surface area contributed by atoms with Gasteiger partial charge in [-0.05, 0) is 42.2 Å². The van der Waals surface area contributed by atoms with Gasteiger partial charge in [-0.3, -0.25) is 4.79 Å². The average Bonchev–Trinajstić information content (AvgIpc) is 2.71. The smallest absolute Gasteiger partial charge is 0.255 e. The molecule has 0 saturated heterocycles. The minimum Gasteiger partial charge on any atom is -0.342 e. The van der Waals surface area contributed by atoms with Crippen LogP contribution in [0.5, 0.6) is 0 Å². The van der Waals surface area contributed by atoms with Crippen LogP contribution in [0.15, 0.2) is 47.4 Å². The van der Waals surface area contributed by atoms with Gasteiger partial charge in [0.05, 0.1) is 15.5 Å². The van der Waals surface area contributed by atoms with Crippen molar-refractivity contribution in [1.29, 1.82) is 0 Å². The van der Waals surface area contributed by atoms with Crippen molar-refractivity contribution in [1.82, 2.24) is 9.21 Å². The minimum atomic E-state index is -3.72. The number of fused-ring (bicyclic) bond motifs is 1. The van der Waals surface area contributed by atoms with Crippen LogP contribution >= 0.6 is 11.6 Å². The Bertz CT molecular complexity index is 975. The fraction of sp³-hybridized carbons (Fsp3) is 0.381. The van der Waals surface area contributed by atoms with Gasteiger partial charge in [0.2, 0.25) is 10.0 Å². The van der Waals surface area contributed by atoms with Crippen molar-refractivity contribution in [3.05, 3.63) is 64.2 Å². The van der Waals surface area contributed by atoms with Crippen LogP contribution in [0.4, 0.5) is 0 Å². The van der Waals surface area contributed by atoms with Crippen LogP contribution in [-0.4, -0.2) is 43.7 Å². The van der Waals surface area contributed by atoms with E-state index in [9.17, 15) is 13.2 Å². The molecule has 0 atom stereocenters. The fourth-order valence-corrected chi connectivity index (χ4v) is 5.00. The largest absolute Gasteiger partial charge is 0.342 e. The van der Waals surface area contributed by atoms with Crippen LogP contribution in [-0.2, 0) is 23.0 Å². The van der Waals surface area contributed by atoms with Crippen molar-refractivity contribution >= 4 is 27.5 Å². The number of hydrogen-bond acceptors (Lipinski definition) is 3. The van der Waals surface area contributed by atoms with E-state index in [-0.39, 0.29) is 21.4 Å². The molecule has 1 heterocycles. The molecular formula is C21H25ClN2O3S. The van der Waals surface area contributed by atoms with Gasteiger partial charge in [0.25, 0.3) is 5.91 Å². The number of rotatable bonds is 6. The molecule has 3 rings (SSSR count). The van der Waals surface area contributed by atoms with Crippen LogP contribution in [0.25, 0.3) is 0 Å². The quantitative estimate of drug-likeness (QED) is 0.710. The average molecular weight is 421 g/mol. The molecule has 0 unspecified atom stereocenters. The number of benzene rings is 2. The molecule has 0 N–H and O–H groups in total. The number of carbonyl (C=O) groups is 1. The highest BCUT2D eigenvalue weighted by molar-refractivity contribution is 7.89. The Labute approximate surface area is 172 Å². The topological polar surface area (TPSA) is 57.7 Å². The number of carbonyl (C=O) groups excluding carboxylic acids is 1. The second kappa shape index (κ2) is 8.64. The number of hydrogen-bond donors (Lipinski definition) is 0. The Balaban J connectivity index is 1.88. The molecule has 7 heteroatoms. The summed E-state index contributed by atoms with van der Waals surface area (Å²) in [6.45, 7) is 3.41. The highest BCUT2D eigenvalue weighted by Gasteiger charge is 2.29. The van der Waals surface area contributed by atoms with E-state index in [2.05, 4.69) is 6.92 Å². The molecule has 1 aliphatic heterocycles. The highest BCUT2D eigenvalue weighted by atomic mass is 35.5. The molecule has 0 fully saturated rings. The first-order valence-corrected chi connectivity index (χ1v) is 11.3. The van der Waals surface area contributed by atoms with E-state index in [0.29, 0.717) is 26.1 Å². The first kappa shape index (κ1) is 20.8. The highest BCUT2D eigenvalue weighted by Crippen LogP contribution is 2.28. The van der Waals surface area contributed by atoms with Crippen molar-refractivity contribution in [2.24, 2.45) is 0 Å². The number of halogens is 1. The van der Waals surface area contributed by atoms with Crippen LogP contribution < -0.4 is 0 Å². The standard InChI is InChI=1S/C21H25ClN2O3S/c1-3-4-12-23(2)21(25)19-14-18(9-10-20(19)22)28(26,27)24-13-11-16-7-5-6-8-17(16)15-24/h5-10,14H,3-4,11-13,15H2,1-2H3. The minimum absolute atomic E-state index is 0.100. The van der Waals surface area contributed by atoms with Crippen molar-refractivity contribution in [3.8, 4) is 0 Å². The summed E-state index contributed by atoms with van der Waals surface area (Å²) in [6, 6.07) is 12.2. The summed E-state index contributed by atoms with van der Waals surface area (Å²) in [5.41, 5.74) is 2.42. The molecule has 28 heavy (non-hydrogen) atoms. The molecule has 0 aliphatic carbocycles. The first-order valence-electron chi connectivity index (χ1n) is 9.46. The second-order valence-corrected chi connectivity index (χ2v) is 9.42. The van der Waals surface area contributed by atoms with Gasteiger partial charge in [-0.2, -0.15) is 4.31 Å². The normalized spacial score (nSPS) is 14.5. The lowest BCUT2D eigenvalue weighted by Crippen LogP contribution is -2.36. The maximum atomic E-state index is 13.2. The third kappa shape index (κ3) is 4.24. The van der Waals surface area contributed by atoms with Crippen molar-refractivity contribution in [2.45, 2.75) is 37.6 Å². The maximum absolute atomic E-state index is 13.2. The molecular weight excluding hydrogens is 396 g/mol. The molecule has 5 nitrogen and oxygen atoms in total. The lowest BCUT2D eigenvalue weighted by atomic mass is 10.0. The van der Waals surface area contributed by atoms with E-state index in [0.717, 1.165) is 18.4 Å². The number of nitrogens with zero attached hydrogens (tertiary/aromatic N) is 2. The molecule has 2 aromatic rings. The Morgan fingerprint density at radius 2 is 1.89 bits per heavy atom. The van der Waals surface area contributed by atoms with Gasteiger partial charge in [0, 0.05) is 26.7 Å². The Kier molecular flexibility index (Phi) is 6.43. The summed E-state index contributed by atoms with van der Waals surface area (Å²) >= 11 is 6.22. The number of amides is 1. The van der Waals surface area contributed by atoms with Crippen molar-refractivity contribution < 1.29 is 13.2 Å². The molecule has 0 spiro atoms. The second-order valence-electron chi connectivity index (χ2n) is 7.08. The SMILES string of the molecule is CCCCN(C)C(=O)c1cc(S(=O)(=O)N2CCc3ccccc3C2)ccc1Cl. The summed E-state index contributed by atoms with van der Waals surface area (Å²) in [4.78, 5) is 14.4. The number of sulfonamides is 1. The van der Waals surface area contributed by atoms with E-state index in [1.165, 1.54) is 28.1 Å². The van der Waals surface area contributed by atoms with E-state index < -0.39 is 10.0 Å². The lowest BCUT2D eigenvalue weighted by molar-refractivity contribution is 0.0793. The fourth-order valence-electron chi connectivity index (χ4n) is 3.36. The summed E-state index contributed by atoms with van der Waals surface area (Å²) in [6.07, 6.45) is 2.52. The predicted octanol–water partition coefficient (Wildman–Crippen LogP) is 3.96. The van der Waals surface area contributed by atoms with Gasteiger partial charge in [-0.15, -0.1) is 0 Å². The molecule has 0 saturated carbocycles.